The Morgan fingerprint density at radius 1 is 1.22 bits per heavy atom. The first-order valence-electron chi connectivity index (χ1n) is 9.05. The van der Waals surface area contributed by atoms with Gasteiger partial charge in [-0.05, 0) is 31.4 Å². The lowest BCUT2D eigenvalue weighted by Gasteiger charge is -2.35. The summed E-state index contributed by atoms with van der Waals surface area (Å²) in [6.07, 6.45) is 1.51. The molecule has 2 aliphatic rings. The normalized spacial score (nSPS) is 22.2. The summed E-state index contributed by atoms with van der Waals surface area (Å²) in [5.41, 5.74) is 1.30. The van der Waals surface area contributed by atoms with Crippen LogP contribution in [0.25, 0.3) is 0 Å². The van der Waals surface area contributed by atoms with E-state index in [2.05, 4.69) is 29.4 Å². The van der Waals surface area contributed by atoms with Gasteiger partial charge >= 0.3 is 0 Å². The third kappa shape index (κ3) is 6.86. The van der Waals surface area contributed by atoms with Gasteiger partial charge in [-0.25, -0.2) is 8.78 Å². The molecular weight excluding hydrogens is 395 g/mol. The van der Waals surface area contributed by atoms with Gasteiger partial charge in [-0.2, -0.15) is 0 Å². The molecule has 1 N–H and O–H groups in total. The molecule has 2 aliphatic heterocycles. The number of benzene rings is 1. The van der Waals surface area contributed by atoms with Gasteiger partial charge in [0.05, 0.1) is 12.6 Å². The molecule has 4 nitrogen and oxygen atoms in total. The quantitative estimate of drug-likeness (QED) is 0.789. The summed E-state index contributed by atoms with van der Waals surface area (Å²) < 4.78 is 26.5. The molecule has 8 heteroatoms. The number of rotatable bonds is 5. The molecule has 2 heterocycles. The molecule has 1 unspecified atom stereocenters. The highest BCUT2D eigenvalue weighted by Gasteiger charge is 2.43. The Balaban J connectivity index is 0.00000182. The molecule has 1 aromatic rings. The molecule has 27 heavy (non-hydrogen) atoms. The van der Waals surface area contributed by atoms with Crippen molar-refractivity contribution in [1.82, 2.24) is 15.1 Å². The number of hydrogen-bond acceptors (Lipinski definition) is 3. The zero-order chi connectivity index (χ0) is 17.9. The van der Waals surface area contributed by atoms with E-state index in [-0.39, 0.29) is 43.7 Å². The summed E-state index contributed by atoms with van der Waals surface area (Å²) in [6.45, 7) is 2.88. The minimum absolute atomic E-state index is 0. The Kier molecular flexibility index (Phi) is 9.42. The predicted octanol–water partition coefficient (Wildman–Crippen LogP) is 3.20. The molecule has 1 atom stereocenters. The molecule has 0 radical (unpaired) electrons. The highest BCUT2D eigenvalue weighted by Crippen LogP contribution is 2.27. The molecule has 1 aromatic carbocycles. The first-order valence-corrected chi connectivity index (χ1v) is 9.05. The maximum absolute atomic E-state index is 13.3. The SMILES string of the molecule is CN(Cc1ccccc1)CC1CCN(C(=O)C2CC(F)(F)CN2)CC1.Cl.Cl. The summed E-state index contributed by atoms with van der Waals surface area (Å²) in [5.74, 6) is -2.36. The van der Waals surface area contributed by atoms with Gasteiger partial charge < -0.3 is 9.80 Å². The topological polar surface area (TPSA) is 35.6 Å². The van der Waals surface area contributed by atoms with Gasteiger partial charge in [-0.1, -0.05) is 30.3 Å². The molecule has 154 valence electrons. The second kappa shape index (κ2) is 10.6. The molecule has 0 saturated carbocycles. The van der Waals surface area contributed by atoms with Gasteiger partial charge in [0.25, 0.3) is 5.92 Å². The van der Waals surface area contributed by atoms with E-state index in [1.165, 1.54) is 5.56 Å². The van der Waals surface area contributed by atoms with E-state index in [0.717, 1.165) is 25.9 Å². The van der Waals surface area contributed by atoms with Crippen molar-refractivity contribution in [3.05, 3.63) is 35.9 Å². The van der Waals surface area contributed by atoms with Crippen LogP contribution < -0.4 is 5.32 Å². The molecular formula is C19H29Cl2F2N3O. The molecule has 2 fully saturated rings. The minimum Gasteiger partial charge on any atom is -0.341 e. The number of nitrogens with one attached hydrogen (secondary N) is 1. The van der Waals surface area contributed by atoms with E-state index >= 15 is 0 Å². The number of amides is 1. The number of hydrogen-bond donors (Lipinski definition) is 1. The Labute approximate surface area is 172 Å². The fraction of sp³-hybridized carbons (Fsp3) is 0.632. The highest BCUT2D eigenvalue weighted by molar-refractivity contribution is 5.85. The van der Waals surface area contributed by atoms with Crippen molar-refractivity contribution in [3.8, 4) is 0 Å². The van der Waals surface area contributed by atoms with Crippen LogP contribution in [-0.4, -0.2) is 60.9 Å². The Morgan fingerprint density at radius 3 is 2.41 bits per heavy atom. The number of carbonyl (C=O) groups excluding carboxylic acids is 1. The monoisotopic (exact) mass is 423 g/mol. The standard InChI is InChI=1S/C19H27F2N3O.2ClH/c1-23(12-15-5-3-2-4-6-15)13-16-7-9-24(10-8-16)18(25)17-11-19(20,21)14-22-17;;/h2-6,16-17,22H,7-14H2,1H3;2*1H. The third-order valence-electron chi connectivity index (χ3n) is 5.20. The molecule has 0 bridgehead atoms. The van der Waals surface area contributed by atoms with Crippen molar-refractivity contribution in [1.29, 1.82) is 0 Å². The number of likely N-dealkylation sites (tertiary alicyclic amines) is 1. The second-order valence-electron chi connectivity index (χ2n) is 7.44. The average molecular weight is 424 g/mol. The van der Waals surface area contributed by atoms with E-state index in [0.29, 0.717) is 19.0 Å². The van der Waals surface area contributed by atoms with Crippen molar-refractivity contribution in [2.24, 2.45) is 5.92 Å². The van der Waals surface area contributed by atoms with Gasteiger partial charge in [0.15, 0.2) is 0 Å². The minimum atomic E-state index is -2.75. The van der Waals surface area contributed by atoms with Crippen molar-refractivity contribution in [2.75, 3.05) is 33.2 Å². The third-order valence-corrected chi connectivity index (χ3v) is 5.20. The molecule has 0 aliphatic carbocycles. The summed E-state index contributed by atoms with van der Waals surface area (Å²) in [6, 6.07) is 9.66. The summed E-state index contributed by atoms with van der Waals surface area (Å²) in [7, 11) is 2.12. The van der Waals surface area contributed by atoms with Crippen LogP contribution in [0.4, 0.5) is 8.78 Å². The lowest BCUT2D eigenvalue weighted by Crippen LogP contribution is -2.47. The number of nitrogens with zero attached hydrogens (tertiary/aromatic N) is 2. The van der Waals surface area contributed by atoms with Crippen LogP contribution >= 0.6 is 24.8 Å². The maximum atomic E-state index is 13.3. The molecule has 0 aromatic heterocycles. The van der Waals surface area contributed by atoms with Crippen LogP contribution in [0.15, 0.2) is 30.3 Å². The van der Waals surface area contributed by atoms with Crippen LogP contribution in [0.3, 0.4) is 0 Å². The van der Waals surface area contributed by atoms with Gasteiger partial charge in [-0.15, -0.1) is 24.8 Å². The zero-order valence-corrected chi connectivity index (χ0v) is 17.2. The first-order chi connectivity index (χ1) is 11.9. The van der Waals surface area contributed by atoms with Gasteiger partial charge in [-0.3, -0.25) is 10.1 Å². The van der Waals surface area contributed by atoms with E-state index in [9.17, 15) is 13.6 Å². The predicted molar refractivity (Wildman–Crippen MR) is 108 cm³/mol. The fourth-order valence-electron chi connectivity index (χ4n) is 3.85. The second-order valence-corrected chi connectivity index (χ2v) is 7.44. The Hall–Kier alpha value is -0.950. The van der Waals surface area contributed by atoms with Crippen LogP contribution in [0, 0.1) is 5.92 Å². The van der Waals surface area contributed by atoms with Crippen molar-refractivity contribution < 1.29 is 13.6 Å². The Morgan fingerprint density at radius 2 is 1.85 bits per heavy atom. The number of alkyl halides is 2. The highest BCUT2D eigenvalue weighted by atomic mass is 35.5. The first kappa shape index (κ1) is 24.1. The summed E-state index contributed by atoms with van der Waals surface area (Å²) >= 11 is 0. The number of carbonyl (C=O) groups is 1. The van der Waals surface area contributed by atoms with Crippen LogP contribution in [0.1, 0.15) is 24.8 Å². The van der Waals surface area contributed by atoms with E-state index in [4.69, 9.17) is 0 Å². The molecule has 0 spiro atoms. The van der Waals surface area contributed by atoms with E-state index in [1.54, 1.807) is 4.90 Å². The maximum Gasteiger partial charge on any atom is 0.262 e. The fourth-order valence-corrected chi connectivity index (χ4v) is 3.85. The summed E-state index contributed by atoms with van der Waals surface area (Å²) in [4.78, 5) is 16.5. The summed E-state index contributed by atoms with van der Waals surface area (Å²) in [5, 5.41) is 2.67. The molecule has 1 amide bonds. The van der Waals surface area contributed by atoms with Crippen LogP contribution in [0.5, 0.6) is 0 Å². The van der Waals surface area contributed by atoms with Crippen molar-refractivity contribution >= 4 is 30.7 Å². The van der Waals surface area contributed by atoms with Crippen molar-refractivity contribution in [2.45, 2.75) is 37.8 Å². The van der Waals surface area contributed by atoms with E-state index in [1.807, 2.05) is 18.2 Å². The Bertz CT molecular complexity index is 584. The van der Waals surface area contributed by atoms with Crippen molar-refractivity contribution in [3.63, 3.8) is 0 Å². The van der Waals surface area contributed by atoms with E-state index < -0.39 is 12.0 Å². The lowest BCUT2D eigenvalue weighted by atomic mass is 9.95. The number of piperidine rings is 1. The molecule has 2 saturated heterocycles. The zero-order valence-electron chi connectivity index (χ0n) is 15.6. The largest absolute Gasteiger partial charge is 0.341 e. The number of halogens is 4. The molecule has 3 rings (SSSR count). The van der Waals surface area contributed by atoms with Gasteiger partial charge in [0, 0.05) is 32.6 Å². The van der Waals surface area contributed by atoms with Crippen LogP contribution in [0.2, 0.25) is 0 Å². The van der Waals surface area contributed by atoms with Crippen LogP contribution in [-0.2, 0) is 11.3 Å². The average Bonchev–Trinajstić information content (AvgIpc) is 2.96. The smallest absolute Gasteiger partial charge is 0.262 e. The van der Waals surface area contributed by atoms with Gasteiger partial charge in [0.2, 0.25) is 5.91 Å². The van der Waals surface area contributed by atoms with Gasteiger partial charge in [0.1, 0.15) is 0 Å². The lowest BCUT2D eigenvalue weighted by molar-refractivity contribution is -0.135.